The lowest BCUT2D eigenvalue weighted by atomic mass is 9.59. The van der Waals surface area contributed by atoms with Gasteiger partial charge in [0.25, 0.3) is 0 Å². The van der Waals surface area contributed by atoms with Crippen molar-refractivity contribution < 1.29 is 14.2 Å². The quantitative estimate of drug-likeness (QED) is 0.219. The zero-order valence-corrected chi connectivity index (χ0v) is 25.6. The number of furan rings is 1. The monoisotopic (exact) mass is 566 g/mol. The standard InChI is InChI=1S/C39H39BO3/c1-37(2,41)38(3,4)43-40-27-11-14-31-30-13-10-24(20-35(30)42-36(31)21-27)23-9-12-29-28-7-5-6-8-32(28)39(34(29)19-23)26-16-22-15-25(18-26)33(39)17-22/h5-14,19-22,25-26,33,40-41H,15-18H2,1-4H3. The first kappa shape index (κ1) is 26.1. The molecule has 4 heteroatoms. The summed E-state index contributed by atoms with van der Waals surface area (Å²) in [6.45, 7) is 7.42. The number of benzene rings is 4. The van der Waals surface area contributed by atoms with Crippen LogP contribution in [-0.4, -0.2) is 23.8 Å². The lowest BCUT2D eigenvalue weighted by molar-refractivity contribution is -0.0893. The Labute approximate surface area is 254 Å². The minimum Gasteiger partial charge on any atom is -0.456 e. The van der Waals surface area contributed by atoms with Gasteiger partial charge in [-0.3, -0.25) is 0 Å². The number of aliphatic hydroxyl groups is 1. The van der Waals surface area contributed by atoms with E-state index in [2.05, 4.69) is 78.9 Å². The lowest BCUT2D eigenvalue weighted by Gasteiger charge is -2.44. The first-order valence-corrected chi connectivity index (χ1v) is 16.2. The van der Waals surface area contributed by atoms with Crippen molar-refractivity contribution in [2.75, 3.05) is 0 Å². The summed E-state index contributed by atoms with van der Waals surface area (Å²) in [5.41, 5.74) is 10.0. The third kappa shape index (κ3) is 3.51. The third-order valence-corrected chi connectivity index (χ3v) is 12.3. The van der Waals surface area contributed by atoms with Gasteiger partial charge in [0.15, 0.2) is 0 Å². The van der Waals surface area contributed by atoms with Crippen molar-refractivity contribution in [1.82, 2.24) is 0 Å². The first-order chi connectivity index (χ1) is 20.6. The van der Waals surface area contributed by atoms with Crippen molar-refractivity contribution in [1.29, 1.82) is 0 Å². The number of hydrogen-bond acceptors (Lipinski definition) is 3. The second-order valence-electron chi connectivity index (χ2n) is 15.0. The molecule has 0 amide bonds. The molecule has 43 heavy (non-hydrogen) atoms. The van der Waals surface area contributed by atoms with Crippen molar-refractivity contribution in [3.8, 4) is 22.3 Å². The fourth-order valence-electron chi connectivity index (χ4n) is 9.68. The average molecular weight is 567 g/mol. The molecular weight excluding hydrogens is 527 g/mol. The first-order valence-electron chi connectivity index (χ1n) is 16.2. The van der Waals surface area contributed by atoms with Gasteiger partial charge in [0, 0.05) is 16.2 Å². The van der Waals surface area contributed by atoms with Crippen LogP contribution >= 0.6 is 0 Å². The summed E-state index contributed by atoms with van der Waals surface area (Å²) in [5, 5.41) is 12.7. The molecule has 4 fully saturated rings. The van der Waals surface area contributed by atoms with Crippen LogP contribution in [0, 0.1) is 23.7 Å². The fourth-order valence-corrected chi connectivity index (χ4v) is 9.68. The smallest absolute Gasteiger partial charge is 0.309 e. The molecular formula is C39H39BO3. The molecule has 3 nitrogen and oxygen atoms in total. The zero-order valence-electron chi connectivity index (χ0n) is 25.6. The molecule has 4 bridgehead atoms. The Hall–Kier alpha value is -3.34. The molecule has 1 aromatic heterocycles. The molecule has 216 valence electrons. The van der Waals surface area contributed by atoms with Crippen molar-refractivity contribution in [2.24, 2.45) is 23.7 Å². The molecule has 5 aromatic rings. The summed E-state index contributed by atoms with van der Waals surface area (Å²) in [4.78, 5) is 0. The Morgan fingerprint density at radius 1 is 0.767 bits per heavy atom. The number of hydrogen-bond donors (Lipinski definition) is 1. The van der Waals surface area contributed by atoms with E-state index in [4.69, 9.17) is 9.07 Å². The van der Waals surface area contributed by atoms with Crippen molar-refractivity contribution >= 4 is 34.9 Å². The molecule has 5 unspecified atom stereocenters. The molecule has 0 radical (unpaired) electrons. The largest absolute Gasteiger partial charge is 0.456 e. The Balaban J connectivity index is 1.10. The Morgan fingerprint density at radius 3 is 2.30 bits per heavy atom. The van der Waals surface area contributed by atoms with Gasteiger partial charge in [-0.1, -0.05) is 54.6 Å². The summed E-state index contributed by atoms with van der Waals surface area (Å²) in [7, 11) is 0.415. The van der Waals surface area contributed by atoms with Gasteiger partial charge < -0.3 is 14.2 Å². The summed E-state index contributed by atoms with van der Waals surface area (Å²) < 4.78 is 12.6. The lowest BCUT2D eigenvalue weighted by Crippen LogP contribution is -2.49. The van der Waals surface area contributed by atoms with Crippen molar-refractivity contribution in [3.63, 3.8) is 0 Å². The van der Waals surface area contributed by atoms with Crippen molar-refractivity contribution in [3.05, 3.63) is 90.0 Å². The van der Waals surface area contributed by atoms with Gasteiger partial charge in [-0.15, -0.1) is 0 Å². The molecule has 1 heterocycles. The summed E-state index contributed by atoms with van der Waals surface area (Å²) in [6.07, 6.45) is 5.67. The van der Waals surface area contributed by atoms with Crippen LogP contribution in [0.4, 0.5) is 0 Å². The predicted octanol–water partition coefficient (Wildman–Crippen LogP) is 8.13. The summed E-state index contributed by atoms with van der Waals surface area (Å²) in [5.74, 6) is 3.42. The van der Waals surface area contributed by atoms with E-state index in [-0.39, 0.29) is 5.41 Å². The predicted molar refractivity (Wildman–Crippen MR) is 176 cm³/mol. The third-order valence-electron chi connectivity index (χ3n) is 12.3. The molecule has 4 saturated carbocycles. The summed E-state index contributed by atoms with van der Waals surface area (Å²) in [6, 6.07) is 29.6. The topological polar surface area (TPSA) is 42.6 Å². The molecule has 4 aromatic carbocycles. The van der Waals surface area contributed by atoms with Crippen LogP contribution in [0.1, 0.15) is 64.5 Å². The van der Waals surface area contributed by atoms with E-state index in [1.807, 2.05) is 13.8 Å². The maximum Gasteiger partial charge on any atom is 0.309 e. The summed E-state index contributed by atoms with van der Waals surface area (Å²) >= 11 is 0. The highest BCUT2D eigenvalue weighted by Gasteiger charge is 2.65. The minimum absolute atomic E-state index is 0.196. The van der Waals surface area contributed by atoms with E-state index >= 15 is 0 Å². The fraction of sp³-hybridized carbons (Fsp3) is 0.385. The molecule has 1 spiro atoms. The van der Waals surface area contributed by atoms with Gasteiger partial charge in [-0.05, 0) is 140 Å². The normalized spacial score (nSPS) is 27.0. The van der Waals surface area contributed by atoms with E-state index < -0.39 is 11.2 Å². The molecule has 10 rings (SSSR count). The zero-order chi connectivity index (χ0) is 29.3. The highest BCUT2D eigenvalue weighted by molar-refractivity contribution is 6.47. The second kappa shape index (κ2) is 8.64. The van der Waals surface area contributed by atoms with E-state index in [1.165, 1.54) is 47.9 Å². The van der Waals surface area contributed by atoms with Gasteiger partial charge in [0.05, 0.1) is 11.2 Å². The molecule has 5 atom stereocenters. The Morgan fingerprint density at radius 2 is 1.49 bits per heavy atom. The molecule has 5 aliphatic rings. The highest BCUT2D eigenvalue weighted by Crippen LogP contribution is 2.73. The Bertz CT molecular complexity index is 1940. The molecule has 0 aliphatic heterocycles. The van der Waals surface area contributed by atoms with Crippen LogP contribution in [0.5, 0.6) is 0 Å². The SMILES string of the molecule is CC(C)(O)C(C)(C)OBc1ccc2c(c1)oc1cc(-c3ccc4c(c3)C3(c5ccccc5-4)C4CC5CC(C4)C3C5)ccc12. The van der Waals surface area contributed by atoms with Gasteiger partial charge in [0.1, 0.15) is 11.2 Å². The maximum atomic E-state index is 10.5. The van der Waals surface area contributed by atoms with Crippen LogP contribution in [0.25, 0.3) is 44.2 Å². The van der Waals surface area contributed by atoms with E-state index in [0.29, 0.717) is 7.48 Å². The van der Waals surface area contributed by atoms with E-state index in [0.717, 1.165) is 51.1 Å². The molecule has 5 aliphatic carbocycles. The molecule has 0 saturated heterocycles. The van der Waals surface area contributed by atoms with Crippen LogP contribution in [0.15, 0.2) is 83.3 Å². The van der Waals surface area contributed by atoms with Crippen LogP contribution < -0.4 is 5.46 Å². The van der Waals surface area contributed by atoms with Gasteiger partial charge >= 0.3 is 7.48 Å². The maximum absolute atomic E-state index is 10.5. The van der Waals surface area contributed by atoms with Gasteiger partial charge in [-0.2, -0.15) is 0 Å². The highest BCUT2D eigenvalue weighted by atomic mass is 16.5. The average Bonchev–Trinajstić information content (AvgIpc) is 3.66. The molecule has 1 N–H and O–H groups in total. The van der Waals surface area contributed by atoms with Crippen molar-refractivity contribution in [2.45, 2.75) is 70.0 Å². The van der Waals surface area contributed by atoms with Crippen LogP contribution in [0.3, 0.4) is 0 Å². The van der Waals surface area contributed by atoms with Crippen LogP contribution in [-0.2, 0) is 10.1 Å². The number of rotatable bonds is 5. The number of fused-ring (bicyclic) bond motifs is 6. The minimum atomic E-state index is -0.941. The van der Waals surface area contributed by atoms with Gasteiger partial charge in [0.2, 0.25) is 0 Å². The van der Waals surface area contributed by atoms with Crippen LogP contribution in [0.2, 0.25) is 0 Å². The second-order valence-corrected chi connectivity index (χ2v) is 15.0. The van der Waals surface area contributed by atoms with E-state index in [1.54, 1.807) is 25.0 Å². The van der Waals surface area contributed by atoms with E-state index in [9.17, 15) is 5.11 Å². The van der Waals surface area contributed by atoms with Gasteiger partial charge in [-0.25, -0.2) is 0 Å². The Kier molecular flexibility index (Phi) is 5.25.